The van der Waals surface area contributed by atoms with E-state index < -0.39 is 15.9 Å². The molecule has 2 aromatic rings. The molecule has 174 valence electrons. The largest absolute Gasteiger partial charge is 0.322 e. The van der Waals surface area contributed by atoms with Gasteiger partial charge in [-0.15, -0.1) is 0 Å². The highest BCUT2D eigenvalue weighted by Crippen LogP contribution is 2.24. The summed E-state index contributed by atoms with van der Waals surface area (Å²) in [5, 5.41) is 3.02. The highest BCUT2D eigenvalue weighted by Gasteiger charge is 2.25. The van der Waals surface area contributed by atoms with Crippen molar-refractivity contribution in [1.82, 2.24) is 9.21 Å². The van der Waals surface area contributed by atoms with Crippen molar-refractivity contribution in [3.05, 3.63) is 58.6 Å². The molecule has 32 heavy (non-hydrogen) atoms. The number of halogens is 1. The molecule has 0 spiro atoms. The molecule has 0 radical (unpaired) electrons. The predicted octanol–water partition coefficient (Wildman–Crippen LogP) is 4.21. The Kier molecular flexibility index (Phi) is 8.63. The molecular formula is C23H30ClN3O3S2. The number of nitrogens with one attached hydrogen (secondary N) is 1. The summed E-state index contributed by atoms with van der Waals surface area (Å²) in [4.78, 5) is 15.3. The van der Waals surface area contributed by atoms with E-state index in [0.29, 0.717) is 5.69 Å². The van der Waals surface area contributed by atoms with Gasteiger partial charge in [-0.25, -0.2) is 8.42 Å². The molecule has 1 aliphatic heterocycles. The van der Waals surface area contributed by atoms with E-state index in [1.54, 1.807) is 13.8 Å². The second-order valence-corrected chi connectivity index (χ2v) is 11.7. The number of carbonyl (C=O) groups excluding carboxylic acids is 1. The maximum atomic E-state index is 12.8. The zero-order chi connectivity index (χ0) is 23.3. The summed E-state index contributed by atoms with van der Waals surface area (Å²) >= 11 is 8.22. The highest BCUT2D eigenvalue weighted by molar-refractivity contribution is 7.99. The lowest BCUT2D eigenvalue weighted by Gasteiger charge is -2.26. The zero-order valence-electron chi connectivity index (χ0n) is 18.7. The second-order valence-electron chi connectivity index (χ2n) is 8.11. The molecule has 0 unspecified atom stereocenters. The number of hydrogen-bond acceptors (Lipinski definition) is 5. The highest BCUT2D eigenvalue weighted by atomic mass is 35.5. The van der Waals surface area contributed by atoms with Crippen molar-refractivity contribution in [1.29, 1.82) is 0 Å². The molecule has 0 saturated carbocycles. The van der Waals surface area contributed by atoms with Gasteiger partial charge in [0.15, 0.2) is 0 Å². The van der Waals surface area contributed by atoms with E-state index >= 15 is 0 Å². The van der Waals surface area contributed by atoms with Crippen LogP contribution in [-0.4, -0.2) is 67.8 Å². The molecule has 1 saturated heterocycles. The average Bonchev–Trinajstić information content (AvgIpc) is 2.78. The standard InChI is InChI=1S/C23H30ClN3O3S2/c1-17(2)26(3)32(29,30)20-8-9-22(24)21(16-20)23(28)25-19-6-4-18(5-7-19)10-11-27-12-14-31-15-13-27/h4-9,16-17H,10-15H2,1-3H3,(H,25,28). The molecule has 1 aliphatic rings. The van der Waals surface area contributed by atoms with E-state index in [-0.39, 0.29) is 21.5 Å². The number of benzene rings is 2. The minimum atomic E-state index is -3.72. The van der Waals surface area contributed by atoms with Crippen LogP contribution in [0.2, 0.25) is 5.02 Å². The van der Waals surface area contributed by atoms with Crippen molar-refractivity contribution in [2.75, 3.05) is 43.5 Å². The fraction of sp³-hybridized carbons (Fsp3) is 0.435. The van der Waals surface area contributed by atoms with Gasteiger partial charge in [0.2, 0.25) is 10.0 Å². The smallest absolute Gasteiger partial charge is 0.257 e. The number of rotatable bonds is 8. The Morgan fingerprint density at radius 3 is 2.44 bits per heavy atom. The quantitative estimate of drug-likeness (QED) is 0.594. The first-order valence-electron chi connectivity index (χ1n) is 10.7. The summed E-state index contributed by atoms with van der Waals surface area (Å²) in [7, 11) is -2.20. The lowest BCUT2D eigenvalue weighted by molar-refractivity contribution is 0.102. The summed E-state index contributed by atoms with van der Waals surface area (Å²) in [6.45, 7) is 6.89. The van der Waals surface area contributed by atoms with E-state index in [1.165, 1.54) is 46.6 Å². The van der Waals surface area contributed by atoms with Crippen LogP contribution in [0.1, 0.15) is 29.8 Å². The number of thioether (sulfide) groups is 1. The van der Waals surface area contributed by atoms with Crippen LogP contribution in [0.4, 0.5) is 5.69 Å². The van der Waals surface area contributed by atoms with Crippen molar-refractivity contribution in [2.24, 2.45) is 0 Å². The molecule has 1 amide bonds. The lowest BCUT2D eigenvalue weighted by atomic mass is 10.1. The van der Waals surface area contributed by atoms with Gasteiger partial charge in [-0.3, -0.25) is 4.79 Å². The number of carbonyl (C=O) groups is 1. The molecule has 0 aromatic heterocycles. The summed E-state index contributed by atoms with van der Waals surface area (Å²) < 4.78 is 26.8. The molecule has 0 bridgehead atoms. The van der Waals surface area contributed by atoms with Crippen molar-refractivity contribution in [3.63, 3.8) is 0 Å². The van der Waals surface area contributed by atoms with Gasteiger partial charge in [-0.1, -0.05) is 23.7 Å². The van der Waals surface area contributed by atoms with Crippen LogP contribution in [0, 0.1) is 0 Å². The molecule has 6 nitrogen and oxygen atoms in total. The molecule has 3 rings (SSSR count). The van der Waals surface area contributed by atoms with E-state index in [9.17, 15) is 13.2 Å². The van der Waals surface area contributed by atoms with Crippen LogP contribution in [0.3, 0.4) is 0 Å². The van der Waals surface area contributed by atoms with Crippen LogP contribution in [0.25, 0.3) is 0 Å². The first-order chi connectivity index (χ1) is 15.2. The number of sulfonamides is 1. The summed E-state index contributed by atoms with van der Waals surface area (Å²) in [6.07, 6.45) is 0.966. The third kappa shape index (κ3) is 6.26. The van der Waals surface area contributed by atoms with E-state index in [1.807, 2.05) is 36.0 Å². The molecule has 2 aromatic carbocycles. The van der Waals surface area contributed by atoms with Gasteiger partial charge in [-0.05, 0) is 56.2 Å². The topological polar surface area (TPSA) is 69.7 Å². The normalized spacial score (nSPS) is 15.3. The number of amides is 1. The van der Waals surface area contributed by atoms with E-state index in [0.717, 1.165) is 26.1 Å². The first-order valence-corrected chi connectivity index (χ1v) is 13.6. The Balaban J connectivity index is 1.67. The fourth-order valence-corrected chi connectivity index (χ4v) is 5.92. The van der Waals surface area contributed by atoms with Gasteiger partial charge in [0.05, 0.1) is 15.5 Å². The van der Waals surface area contributed by atoms with Gasteiger partial charge in [0, 0.05) is 49.9 Å². The van der Waals surface area contributed by atoms with Gasteiger partial charge < -0.3 is 10.2 Å². The van der Waals surface area contributed by atoms with Crippen LogP contribution in [-0.2, 0) is 16.4 Å². The van der Waals surface area contributed by atoms with Crippen molar-refractivity contribution < 1.29 is 13.2 Å². The molecule has 1 N–H and O–H groups in total. The van der Waals surface area contributed by atoms with E-state index in [2.05, 4.69) is 10.2 Å². The van der Waals surface area contributed by atoms with Crippen LogP contribution < -0.4 is 5.32 Å². The maximum Gasteiger partial charge on any atom is 0.257 e. The molecule has 0 atom stereocenters. The Morgan fingerprint density at radius 2 is 1.81 bits per heavy atom. The summed E-state index contributed by atoms with van der Waals surface area (Å²) in [5.74, 6) is 1.95. The SMILES string of the molecule is CC(C)N(C)S(=O)(=O)c1ccc(Cl)c(C(=O)Nc2ccc(CCN3CCSCC3)cc2)c1. The fourth-order valence-electron chi connectivity index (χ4n) is 3.35. The van der Waals surface area contributed by atoms with Gasteiger partial charge in [-0.2, -0.15) is 16.1 Å². The summed E-state index contributed by atoms with van der Waals surface area (Å²) in [6, 6.07) is 11.7. The molecule has 0 aliphatic carbocycles. The van der Waals surface area contributed by atoms with Crippen molar-refractivity contribution in [2.45, 2.75) is 31.2 Å². The number of anilines is 1. The maximum absolute atomic E-state index is 12.8. The van der Waals surface area contributed by atoms with Crippen LogP contribution in [0.15, 0.2) is 47.4 Å². The minimum absolute atomic E-state index is 0.0368. The Bertz CT molecular complexity index is 1040. The van der Waals surface area contributed by atoms with Gasteiger partial charge >= 0.3 is 0 Å². The second kappa shape index (κ2) is 11.0. The molecule has 1 fully saturated rings. The minimum Gasteiger partial charge on any atom is -0.322 e. The van der Waals surface area contributed by atoms with E-state index in [4.69, 9.17) is 11.6 Å². The van der Waals surface area contributed by atoms with Crippen LogP contribution >= 0.6 is 23.4 Å². The van der Waals surface area contributed by atoms with Crippen molar-refractivity contribution in [3.8, 4) is 0 Å². The summed E-state index contributed by atoms with van der Waals surface area (Å²) in [5.41, 5.74) is 1.97. The number of nitrogens with zero attached hydrogens (tertiary/aromatic N) is 2. The third-order valence-electron chi connectivity index (χ3n) is 5.62. The Labute approximate surface area is 200 Å². The third-order valence-corrected chi connectivity index (χ3v) is 8.92. The molecule has 1 heterocycles. The Hall–Kier alpha value is -1.58. The molecular weight excluding hydrogens is 466 g/mol. The van der Waals surface area contributed by atoms with Crippen molar-refractivity contribution >= 4 is 45.0 Å². The predicted molar refractivity (Wildman–Crippen MR) is 133 cm³/mol. The lowest BCUT2D eigenvalue weighted by Crippen LogP contribution is -2.34. The monoisotopic (exact) mass is 495 g/mol. The average molecular weight is 496 g/mol. The number of hydrogen-bond donors (Lipinski definition) is 1. The van der Waals surface area contributed by atoms with Crippen LogP contribution in [0.5, 0.6) is 0 Å². The molecule has 9 heteroatoms. The zero-order valence-corrected chi connectivity index (χ0v) is 21.1. The Morgan fingerprint density at radius 1 is 1.16 bits per heavy atom. The van der Waals surface area contributed by atoms with Gasteiger partial charge in [0.25, 0.3) is 5.91 Å². The van der Waals surface area contributed by atoms with Gasteiger partial charge in [0.1, 0.15) is 0 Å². The first kappa shape index (κ1) is 25.1.